The van der Waals surface area contributed by atoms with E-state index >= 15 is 0 Å². The van der Waals surface area contributed by atoms with Gasteiger partial charge in [-0.1, -0.05) is 6.92 Å². The minimum Gasteiger partial charge on any atom is -0.423 e. The van der Waals surface area contributed by atoms with Crippen LogP contribution in [-0.2, 0) is 10.0 Å². The van der Waals surface area contributed by atoms with Crippen molar-refractivity contribution in [1.82, 2.24) is 10.0 Å². The summed E-state index contributed by atoms with van der Waals surface area (Å²) < 4.78 is 32.8. The van der Waals surface area contributed by atoms with Crippen LogP contribution >= 0.6 is 0 Å². The smallest absolute Gasteiger partial charge is 0.336 e. The molecule has 0 amide bonds. The molecule has 0 saturated carbocycles. The molecule has 1 aliphatic rings. The van der Waals surface area contributed by atoms with Crippen LogP contribution in [0.3, 0.4) is 0 Å². The van der Waals surface area contributed by atoms with E-state index in [9.17, 15) is 13.2 Å². The van der Waals surface area contributed by atoms with Crippen molar-refractivity contribution in [2.75, 3.05) is 19.6 Å². The van der Waals surface area contributed by atoms with Gasteiger partial charge < -0.3 is 9.73 Å². The molecule has 2 aromatic rings. The lowest BCUT2D eigenvalue weighted by molar-refractivity contribution is 0.232. The van der Waals surface area contributed by atoms with E-state index in [2.05, 4.69) is 17.0 Å². The largest absolute Gasteiger partial charge is 0.423 e. The number of hydrogen-bond acceptors (Lipinski definition) is 5. The Labute approximate surface area is 134 Å². The Morgan fingerprint density at radius 3 is 2.70 bits per heavy atom. The van der Waals surface area contributed by atoms with Crippen molar-refractivity contribution in [3.05, 3.63) is 40.8 Å². The van der Waals surface area contributed by atoms with Crippen molar-refractivity contribution >= 4 is 21.0 Å². The van der Waals surface area contributed by atoms with Gasteiger partial charge >= 0.3 is 5.63 Å². The first-order chi connectivity index (χ1) is 10.9. The van der Waals surface area contributed by atoms with Crippen molar-refractivity contribution in [2.24, 2.45) is 5.41 Å². The molecule has 0 unspecified atom stereocenters. The Hall–Kier alpha value is -1.70. The van der Waals surface area contributed by atoms with Crippen LogP contribution in [0.2, 0.25) is 0 Å². The summed E-state index contributed by atoms with van der Waals surface area (Å²) in [7, 11) is -3.59. The number of rotatable bonds is 4. The Kier molecular flexibility index (Phi) is 4.27. The van der Waals surface area contributed by atoms with Crippen LogP contribution in [0.15, 0.2) is 44.4 Å². The molecular weight excluding hydrogens is 316 g/mol. The standard InChI is InChI=1S/C16H20N2O4S/c1-16(6-8-17-9-7-16)11-18-23(20,21)13-3-4-14-12(10-13)2-5-15(19)22-14/h2-5,10,17-18H,6-9,11H2,1H3. The first kappa shape index (κ1) is 16.2. The Morgan fingerprint density at radius 1 is 1.22 bits per heavy atom. The van der Waals surface area contributed by atoms with Crippen LogP contribution < -0.4 is 15.7 Å². The molecule has 2 N–H and O–H groups in total. The second-order valence-corrected chi connectivity index (χ2v) is 8.11. The van der Waals surface area contributed by atoms with Gasteiger partial charge in [-0.25, -0.2) is 17.9 Å². The summed E-state index contributed by atoms with van der Waals surface area (Å²) in [5.41, 5.74) is -0.103. The summed E-state index contributed by atoms with van der Waals surface area (Å²) >= 11 is 0. The summed E-state index contributed by atoms with van der Waals surface area (Å²) in [6, 6.07) is 7.33. The van der Waals surface area contributed by atoms with E-state index in [0.29, 0.717) is 17.5 Å². The van der Waals surface area contributed by atoms with E-state index in [1.165, 1.54) is 24.3 Å². The number of sulfonamides is 1. The van der Waals surface area contributed by atoms with Crippen LogP contribution in [0.4, 0.5) is 0 Å². The molecule has 1 fully saturated rings. The zero-order chi connectivity index (χ0) is 16.5. The van der Waals surface area contributed by atoms with Crippen molar-refractivity contribution in [3.63, 3.8) is 0 Å². The molecule has 0 atom stereocenters. The minimum atomic E-state index is -3.59. The molecular formula is C16H20N2O4S. The Bertz CT molecular complexity index is 867. The van der Waals surface area contributed by atoms with Gasteiger partial charge in [0.05, 0.1) is 4.90 Å². The molecule has 23 heavy (non-hydrogen) atoms. The van der Waals surface area contributed by atoms with Gasteiger partial charge in [-0.2, -0.15) is 0 Å². The number of piperidine rings is 1. The number of hydrogen-bond donors (Lipinski definition) is 2. The lowest BCUT2D eigenvalue weighted by Gasteiger charge is -2.34. The fraction of sp³-hybridized carbons (Fsp3) is 0.438. The van der Waals surface area contributed by atoms with Crippen molar-refractivity contribution < 1.29 is 12.8 Å². The van der Waals surface area contributed by atoms with Gasteiger partial charge in [0.1, 0.15) is 5.58 Å². The highest BCUT2D eigenvalue weighted by Gasteiger charge is 2.28. The van der Waals surface area contributed by atoms with Crippen LogP contribution in [0.25, 0.3) is 11.0 Å². The molecule has 2 heterocycles. The maximum Gasteiger partial charge on any atom is 0.336 e. The molecule has 1 aromatic carbocycles. The minimum absolute atomic E-state index is 0.0258. The Balaban J connectivity index is 1.81. The SMILES string of the molecule is CC1(CNS(=O)(=O)c2ccc3oc(=O)ccc3c2)CCNCC1. The zero-order valence-electron chi connectivity index (χ0n) is 13.0. The maximum absolute atomic E-state index is 12.5. The lowest BCUT2D eigenvalue weighted by atomic mass is 9.81. The molecule has 0 bridgehead atoms. The van der Waals surface area contributed by atoms with Crippen molar-refractivity contribution in [2.45, 2.75) is 24.7 Å². The van der Waals surface area contributed by atoms with Gasteiger partial charge in [0.15, 0.2) is 0 Å². The summed E-state index contributed by atoms with van der Waals surface area (Å²) in [4.78, 5) is 11.4. The molecule has 0 spiro atoms. The maximum atomic E-state index is 12.5. The highest BCUT2D eigenvalue weighted by Crippen LogP contribution is 2.27. The molecule has 7 heteroatoms. The topological polar surface area (TPSA) is 88.4 Å². The molecule has 1 saturated heterocycles. The van der Waals surface area contributed by atoms with Gasteiger partial charge in [0, 0.05) is 18.0 Å². The van der Waals surface area contributed by atoms with E-state index in [0.717, 1.165) is 25.9 Å². The van der Waals surface area contributed by atoms with Crippen LogP contribution in [0, 0.1) is 5.41 Å². The Morgan fingerprint density at radius 2 is 1.96 bits per heavy atom. The first-order valence-electron chi connectivity index (χ1n) is 7.62. The first-order valence-corrected chi connectivity index (χ1v) is 9.11. The van der Waals surface area contributed by atoms with Crippen LogP contribution in [-0.4, -0.2) is 28.1 Å². The number of nitrogens with one attached hydrogen (secondary N) is 2. The van der Waals surface area contributed by atoms with E-state index in [1.807, 2.05) is 0 Å². The highest BCUT2D eigenvalue weighted by molar-refractivity contribution is 7.89. The van der Waals surface area contributed by atoms with Crippen LogP contribution in [0.5, 0.6) is 0 Å². The summed E-state index contributed by atoms with van der Waals surface area (Å²) in [6.07, 6.45) is 1.89. The van der Waals surface area contributed by atoms with E-state index < -0.39 is 15.6 Å². The third-order valence-corrected chi connectivity index (χ3v) is 5.80. The predicted octanol–water partition coefficient (Wildman–Crippen LogP) is 1.46. The average molecular weight is 336 g/mol. The third-order valence-electron chi connectivity index (χ3n) is 4.40. The monoisotopic (exact) mass is 336 g/mol. The number of fused-ring (bicyclic) bond motifs is 1. The summed E-state index contributed by atoms with van der Waals surface area (Å²) in [5.74, 6) is 0. The van der Waals surface area contributed by atoms with Gasteiger partial charge in [0.2, 0.25) is 10.0 Å². The summed E-state index contributed by atoms with van der Waals surface area (Å²) in [5, 5.41) is 3.86. The van der Waals surface area contributed by atoms with Gasteiger partial charge in [-0.05, 0) is 55.6 Å². The van der Waals surface area contributed by atoms with E-state index in [1.54, 1.807) is 6.07 Å². The van der Waals surface area contributed by atoms with Crippen molar-refractivity contribution in [1.29, 1.82) is 0 Å². The molecule has 1 aromatic heterocycles. The highest BCUT2D eigenvalue weighted by atomic mass is 32.2. The van der Waals surface area contributed by atoms with Crippen LogP contribution in [0.1, 0.15) is 19.8 Å². The normalized spacial score (nSPS) is 18.1. The van der Waals surface area contributed by atoms with Gasteiger partial charge in [0.25, 0.3) is 0 Å². The molecule has 6 nitrogen and oxygen atoms in total. The second-order valence-electron chi connectivity index (χ2n) is 6.34. The second kappa shape index (κ2) is 6.07. The lowest BCUT2D eigenvalue weighted by Crippen LogP contribution is -2.42. The molecule has 0 aliphatic carbocycles. The van der Waals surface area contributed by atoms with Crippen molar-refractivity contribution in [3.8, 4) is 0 Å². The summed E-state index contributed by atoms with van der Waals surface area (Å²) in [6.45, 7) is 4.34. The van der Waals surface area contributed by atoms with E-state index in [-0.39, 0.29) is 10.3 Å². The van der Waals surface area contributed by atoms with Gasteiger partial charge in [-0.3, -0.25) is 0 Å². The molecule has 3 rings (SSSR count). The fourth-order valence-electron chi connectivity index (χ4n) is 2.78. The van der Waals surface area contributed by atoms with E-state index in [4.69, 9.17) is 4.42 Å². The predicted molar refractivity (Wildman–Crippen MR) is 87.9 cm³/mol. The molecule has 1 aliphatic heterocycles. The average Bonchev–Trinajstić information content (AvgIpc) is 2.53. The fourth-order valence-corrected chi connectivity index (χ4v) is 4.01. The zero-order valence-corrected chi connectivity index (χ0v) is 13.8. The quantitative estimate of drug-likeness (QED) is 0.825. The third kappa shape index (κ3) is 3.63. The molecule has 0 radical (unpaired) electrons. The molecule has 124 valence electrons. The van der Waals surface area contributed by atoms with Gasteiger partial charge in [-0.15, -0.1) is 0 Å². The number of benzene rings is 1.